The molecule has 0 saturated heterocycles. The van der Waals surface area contributed by atoms with Crippen molar-refractivity contribution in [3.8, 4) is 0 Å². The summed E-state index contributed by atoms with van der Waals surface area (Å²) in [6.07, 6.45) is 1.22. The molecule has 2 nitrogen and oxygen atoms in total. The molecule has 0 unspecified atom stereocenters. The van der Waals surface area contributed by atoms with Crippen molar-refractivity contribution in [2.24, 2.45) is 0 Å². The minimum Gasteiger partial charge on any atom is -0.383 e. The van der Waals surface area contributed by atoms with Crippen LogP contribution < -0.4 is 5.73 Å². The van der Waals surface area contributed by atoms with Gasteiger partial charge < -0.3 is 5.73 Å². The number of nitrogen functional groups attached to an aromatic ring is 1. The highest BCUT2D eigenvalue weighted by molar-refractivity contribution is 6.30. The number of pyridine rings is 1. The van der Waals surface area contributed by atoms with Crippen LogP contribution in [-0.4, -0.2) is 4.98 Å². The first-order valence-electron chi connectivity index (χ1n) is 3.63. The van der Waals surface area contributed by atoms with Crippen LogP contribution in [0.2, 0.25) is 5.02 Å². The van der Waals surface area contributed by atoms with Crippen LogP contribution in [-0.2, 0) is 0 Å². The van der Waals surface area contributed by atoms with Gasteiger partial charge in [-0.2, -0.15) is 0 Å². The Morgan fingerprint density at radius 3 is 2.58 bits per heavy atom. The SMILES string of the molecule is CC(C)c1c(N)ncc(Cl)c1F. The molecular weight excluding hydrogens is 179 g/mol. The molecule has 0 saturated carbocycles. The molecule has 4 heteroatoms. The van der Waals surface area contributed by atoms with Gasteiger partial charge in [0.25, 0.3) is 0 Å². The molecule has 1 rings (SSSR count). The Morgan fingerprint density at radius 2 is 2.17 bits per heavy atom. The number of nitrogens with two attached hydrogens (primary N) is 1. The fourth-order valence-corrected chi connectivity index (χ4v) is 1.19. The molecule has 0 spiro atoms. The van der Waals surface area contributed by atoms with E-state index in [1.54, 1.807) is 0 Å². The normalized spacial score (nSPS) is 10.8. The van der Waals surface area contributed by atoms with Crippen molar-refractivity contribution in [1.29, 1.82) is 0 Å². The zero-order valence-electron chi connectivity index (χ0n) is 6.94. The summed E-state index contributed by atoms with van der Waals surface area (Å²) in [5.74, 6) is -0.248. The molecule has 0 atom stereocenters. The van der Waals surface area contributed by atoms with Crippen LogP contribution in [0.5, 0.6) is 0 Å². The zero-order chi connectivity index (χ0) is 9.30. The van der Waals surface area contributed by atoms with Gasteiger partial charge in [-0.25, -0.2) is 9.37 Å². The summed E-state index contributed by atoms with van der Waals surface area (Å²) in [5.41, 5.74) is 5.87. The van der Waals surface area contributed by atoms with Crippen LogP contribution in [0, 0.1) is 5.82 Å². The van der Waals surface area contributed by atoms with Crippen molar-refractivity contribution in [3.05, 3.63) is 22.6 Å². The zero-order valence-corrected chi connectivity index (χ0v) is 7.69. The van der Waals surface area contributed by atoms with Gasteiger partial charge in [-0.1, -0.05) is 25.4 Å². The molecular formula is C8H10ClFN2. The quantitative estimate of drug-likeness (QED) is 0.736. The predicted octanol–water partition coefficient (Wildman–Crippen LogP) is 2.58. The summed E-state index contributed by atoms with van der Waals surface area (Å²) in [6, 6.07) is 0. The molecule has 12 heavy (non-hydrogen) atoms. The maximum Gasteiger partial charge on any atom is 0.150 e. The van der Waals surface area contributed by atoms with Gasteiger partial charge in [-0.15, -0.1) is 0 Å². The van der Waals surface area contributed by atoms with Crippen molar-refractivity contribution in [2.75, 3.05) is 5.73 Å². The molecule has 1 aromatic heterocycles. The summed E-state index contributed by atoms with van der Waals surface area (Å²) in [5, 5.41) is 0.0212. The lowest BCUT2D eigenvalue weighted by Crippen LogP contribution is -2.03. The molecule has 0 fully saturated rings. The number of hydrogen-bond acceptors (Lipinski definition) is 2. The largest absolute Gasteiger partial charge is 0.383 e. The highest BCUT2D eigenvalue weighted by atomic mass is 35.5. The van der Waals surface area contributed by atoms with Gasteiger partial charge in [-0.3, -0.25) is 0 Å². The van der Waals surface area contributed by atoms with E-state index >= 15 is 0 Å². The summed E-state index contributed by atoms with van der Waals surface area (Å²) in [6.45, 7) is 3.68. The lowest BCUT2D eigenvalue weighted by atomic mass is 10.0. The van der Waals surface area contributed by atoms with Gasteiger partial charge in [0.2, 0.25) is 0 Å². The molecule has 2 N–H and O–H groups in total. The Kier molecular flexibility index (Phi) is 2.52. The number of aromatic nitrogens is 1. The number of rotatable bonds is 1. The summed E-state index contributed by atoms with van der Waals surface area (Å²) >= 11 is 5.54. The van der Waals surface area contributed by atoms with Gasteiger partial charge >= 0.3 is 0 Å². The number of anilines is 1. The first-order valence-corrected chi connectivity index (χ1v) is 4.01. The molecule has 66 valence electrons. The van der Waals surface area contributed by atoms with Crippen LogP contribution in [0.1, 0.15) is 25.3 Å². The molecule has 0 aliphatic heterocycles. The van der Waals surface area contributed by atoms with Gasteiger partial charge in [0.05, 0.1) is 11.2 Å². The van der Waals surface area contributed by atoms with E-state index in [-0.39, 0.29) is 16.8 Å². The predicted molar refractivity (Wildman–Crippen MR) is 47.7 cm³/mol. The van der Waals surface area contributed by atoms with E-state index < -0.39 is 5.82 Å². The van der Waals surface area contributed by atoms with Gasteiger partial charge in [0, 0.05) is 5.56 Å². The second kappa shape index (κ2) is 3.27. The maximum absolute atomic E-state index is 13.3. The Bertz CT molecular complexity index is 299. The fraction of sp³-hybridized carbons (Fsp3) is 0.375. The van der Waals surface area contributed by atoms with E-state index in [1.165, 1.54) is 6.20 Å². The smallest absolute Gasteiger partial charge is 0.150 e. The van der Waals surface area contributed by atoms with E-state index in [4.69, 9.17) is 17.3 Å². The van der Waals surface area contributed by atoms with Crippen molar-refractivity contribution in [3.63, 3.8) is 0 Å². The third-order valence-corrected chi connectivity index (χ3v) is 1.88. The number of halogens is 2. The molecule has 0 radical (unpaired) electrons. The van der Waals surface area contributed by atoms with E-state index in [2.05, 4.69) is 4.98 Å². The summed E-state index contributed by atoms with van der Waals surface area (Å²) in [7, 11) is 0. The second-order valence-electron chi connectivity index (χ2n) is 2.87. The Hall–Kier alpha value is -0.830. The first kappa shape index (κ1) is 9.26. The second-order valence-corrected chi connectivity index (χ2v) is 3.28. The van der Waals surface area contributed by atoms with Crippen molar-refractivity contribution in [1.82, 2.24) is 4.98 Å². The van der Waals surface area contributed by atoms with Crippen LogP contribution in [0.3, 0.4) is 0 Å². The van der Waals surface area contributed by atoms with Gasteiger partial charge in [0.1, 0.15) is 11.6 Å². The lowest BCUT2D eigenvalue weighted by molar-refractivity contribution is 0.597. The highest BCUT2D eigenvalue weighted by Gasteiger charge is 2.14. The molecule has 1 heterocycles. The van der Waals surface area contributed by atoms with Crippen LogP contribution in [0.4, 0.5) is 10.2 Å². The molecule has 0 amide bonds. The Balaban J connectivity index is 3.33. The topological polar surface area (TPSA) is 38.9 Å². The van der Waals surface area contributed by atoms with E-state index in [9.17, 15) is 4.39 Å². The summed E-state index contributed by atoms with van der Waals surface area (Å²) in [4.78, 5) is 3.77. The lowest BCUT2D eigenvalue weighted by Gasteiger charge is -2.09. The minimum absolute atomic E-state index is 0.00352. The molecule has 1 aromatic rings. The monoisotopic (exact) mass is 188 g/mol. The third-order valence-electron chi connectivity index (χ3n) is 1.62. The highest BCUT2D eigenvalue weighted by Crippen LogP contribution is 2.27. The van der Waals surface area contributed by atoms with Gasteiger partial charge in [0.15, 0.2) is 0 Å². The average molecular weight is 189 g/mol. The van der Waals surface area contributed by atoms with Crippen LogP contribution in [0.15, 0.2) is 6.20 Å². The summed E-state index contributed by atoms with van der Waals surface area (Å²) < 4.78 is 13.3. The van der Waals surface area contributed by atoms with Crippen molar-refractivity contribution in [2.45, 2.75) is 19.8 Å². The Morgan fingerprint density at radius 1 is 1.58 bits per heavy atom. The minimum atomic E-state index is -0.459. The van der Waals surface area contributed by atoms with Crippen molar-refractivity contribution >= 4 is 17.4 Å². The average Bonchev–Trinajstić information content (AvgIpc) is 1.97. The molecule has 0 aromatic carbocycles. The molecule has 0 aliphatic carbocycles. The number of hydrogen-bond donors (Lipinski definition) is 1. The van der Waals surface area contributed by atoms with Crippen LogP contribution >= 0.6 is 11.6 Å². The molecule has 0 bridgehead atoms. The maximum atomic E-state index is 13.3. The number of nitrogens with zero attached hydrogens (tertiary/aromatic N) is 1. The molecule has 0 aliphatic rings. The third kappa shape index (κ3) is 1.50. The van der Waals surface area contributed by atoms with Gasteiger partial charge in [-0.05, 0) is 5.92 Å². The fourth-order valence-electron chi connectivity index (χ4n) is 1.04. The van der Waals surface area contributed by atoms with E-state index in [1.807, 2.05) is 13.8 Å². The Labute approximate surface area is 75.6 Å². The first-order chi connectivity index (χ1) is 5.54. The van der Waals surface area contributed by atoms with Crippen molar-refractivity contribution < 1.29 is 4.39 Å². The van der Waals surface area contributed by atoms with Crippen LogP contribution in [0.25, 0.3) is 0 Å². The van der Waals surface area contributed by atoms with E-state index in [0.29, 0.717) is 5.56 Å². The standard InChI is InChI=1S/C8H10ClFN2/c1-4(2)6-7(10)5(9)3-12-8(6)11/h3-4H,1-2H3,(H2,11,12). The van der Waals surface area contributed by atoms with E-state index in [0.717, 1.165) is 0 Å².